The third-order valence-electron chi connectivity index (χ3n) is 4.99. The number of nitrogens with zero attached hydrogens (tertiary/aromatic N) is 2. The second kappa shape index (κ2) is 7.37. The van der Waals surface area contributed by atoms with Gasteiger partial charge in [0.15, 0.2) is 0 Å². The van der Waals surface area contributed by atoms with Crippen molar-refractivity contribution in [2.24, 2.45) is 0 Å². The lowest BCUT2D eigenvalue weighted by Gasteiger charge is -2.29. The van der Waals surface area contributed by atoms with Crippen molar-refractivity contribution in [3.8, 4) is 0 Å². The fourth-order valence-electron chi connectivity index (χ4n) is 3.76. The highest BCUT2D eigenvalue weighted by atomic mass is 35.5. The lowest BCUT2D eigenvalue weighted by molar-refractivity contribution is -0.117. The Morgan fingerprint density at radius 2 is 1.58 bits per heavy atom. The molecule has 4 heteroatoms. The molecular formula is C20H23ClN2O. The zero-order valence-corrected chi connectivity index (χ0v) is 14.6. The van der Waals surface area contributed by atoms with E-state index < -0.39 is 0 Å². The van der Waals surface area contributed by atoms with Gasteiger partial charge in [0.05, 0.1) is 6.42 Å². The number of amides is 1. The van der Waals surface area contributed by atoms with Gasteiger partial charge in [-0.3, -0.25) is 9.69 Å². The molecule has 0 radical (unpaired) electrons. The molecule has 0 aromatic heterocycles. The predicted octanol–water partition coefficient (Wildman–Crippen LogP) is 3.45. The quantitative estimate of drug-likeness (QED) is 0.849. The molecule has 2 aliphatic heterocycles. The number of carbonyl (C=O) groups is 1. The summed E-state index contributed by atoms with van der Waals surface area (Å²) in [5.41, 5.74) is 5.24. The van der Waals surface area contributed by atoms with E-state index in [1.54, 1.807) is 0 Å². The van der Waals surface area contributed by atoms with E-state index in [1.165, 1.54) is 16.7 Å². The third-order valence-corrected chi connectivity index (χ3v) is 4.99. The van der Waals surface area contributed by atoms with Gasteiger partial charge in [0.1, 0.15) is 0 Å². The smallest absolute Gasteiger partial charge is 0.231 e. The molecule has 0 N–H and O–H groups in total. The Bertz CT molecular complexity index is 731. The van der Waals surface area contributed by atoms with Gasteiger partial charge in [0.25, 0.3) is 0 Å². The van der Waals surface area contributed by atoms with Crippen LogP contribution in [0.15, 0.2) is 48.5 Å². The summed E-state index contributed by atoms with van der Waals surface area (Å²) in [6, 6.07) is 16.9. The van der Waals surface area contributed by atoms with Crippen LogP contribution in [0.25, 0.3) is 0 Å². The summed E-state index contributed by atoms with van der Waals surface area (Å²) < 4.78 is 0. The van der Waals surface area contributed by atoms with Crippen LogP contribution in [0.4, 0.5) is 5.69 Å². The SMILES string of the molecule is Cl.O=C1Cc2ccccc2N1CCCN1CCc2ccccc2C1. The molecule has 0 bridgehead atoms. The Balaban J connectivity index is 0.00000169. The van der Waals surface area contributed by atoms with Crippen molar-refractivity contribution in [3.63, 3.8) is 0 Å². The number of hydrogen-bond donors (Lipinski definition) is 0. The fraction of sp³-hybridized carbons (Fsp3) is 0.350. The average molecular weight is 343 g/mol. The van der Waals surface area contributed by atoms with Crippen molar-refractivity contribution in [2.75, 3.05) is 24.5 Å². The highest BCUT2D eigenvalue weighted by Gasteiger charge is 2.26. The van der Waals surface area contributed by atoms with E-state index in [1.807, 2.05) is 17.0 Å². The van der Waals surface area contributed by atoms with Crippen LogP contribution in [-0.4, -0.2) is 30.4 Å². The van der Waals surface area contributed by atoms with Gasteiger partial charge in [-0.25, -0.2) is 0 Å². The highest BCUT2D eigenvalue weighted by molar-refractivity contribution is 6.01. The largest absolute Gasteiger partial charge is 0.312 e. The van der Waals surface area contributed by atoms with Crippen LogP contribution in [0, 0.1) is 0 Å². The summed E-state index contributed by atoms with van der Waals surface area (Å²) in [5, 5.41) is 0. The van der Waals surface area contributed by atoms with Gasteiger partial charge in [-0.15, -0.1) is 12.4 Å². The van der Waals surface area contributed by atoms with E-state index in [4.69, 9.17) is 0 Å². The van der Waals surface area contributed by atoms with Gasteiger partial charge in [0, 0.05) is 31.9 Å². The molecule has 2 aromatic rings. The number of hydrogen-bond acceptors (Lipinski definition) is 2. The number of rotatable bonds is 4. The Morgan fingerprint density at radius 3 is 2.42 bits per heavy atom. The van der Waals surface area contributed by atoms with Crippen molar-refractivity contribution in [1.82, 2.24) is 4.90 Å². The molecule has 2 aliphatic rings. The number of anilines is 1. The predicted molar refractivity (Wildman–Crippen MR) is 99.8 cm³/mol. The first-order chi connectivity index (χ1) is 11.3. The zero-order chi connectivity index (χ0) is 15.6. The van der Waals surface area contributed by atoms with Crippen LogP contribution in [0.5, 0.6) is 0 Å². The first-order valence-electron chi connectivity index (χ1n) is 8.49. The van der Waals surface area contributed by atoms with E-state index in [0.717, 1.165) is 44.7 Å². The molecule has 4 rings (SSSR count). The van der Waals surface area contributed by atoms with Gasteiger partial charge in [-0.2, -0.15) is 0 Å². The average Bonchev–Trinajstić information content (AvgIpc) is 2.90. The molecule has 0 fully saturated rings. The Morgan fingerprint density at radius 1 is 0.875 bits per heavy atom. The maximum atomic E-state index is 12.2. The van der Waals surface area contributed by atoms with Crippen molar-refractivity contribution in [3.05, 3.63) is 65.2 Å². The molecule has 0 unspecified atom stereocenters. The molecular weight excluding hydrogens is 320 g/mol. The topological polar surface area (TPSA) is 23.6 Å². The number of carbonyl (C=O) groups excluding carboxylic acids is 1. The Labute approximate surface area is 149 Å². The van der Waals surface area contributed by atoms with Crippen LogP contribution >= 0.6 is 12.4 Å². The van der Waals surface area contributed by atoms with E-state index in [0.29, 0.717) is 6.42 Å². The lowest BCUT2D eigenvalue weighted by atomic mass is 10.00. The van der Waals surface area contributed by atoms with Crippen molar-refractivity contribution < 1.29 is 4.79 Å². The van der Waals surface area contributed by atoms with E-state index in [-0.39, 0.29) is 18.3 Å². The van der Waals surface area contributed by atoms with Gasteiger partial charge in [0.2, 0.25) is 5.91 Å². The molecule has 2 heterocycles. The van der Waals surface area contributed by atoms with Gasteiger partial charge in [-0.1, -0.05) is 42.5 Å². The second-order valence-electron chi connectivity index (χ2n) is 6.50. The summed E-state index contributed by atoms with van der Waals surface area (Å²) in [6.07, 6.45) is 2.73. The highest BCUT2D eigenvalue weighted by Crippen LogP contribution is 2.28. The van der Waals surface area contributed by atoms with Gasteiger partial charge >= 0.3 is 0 Å². The Hall–Kier alpha value is -1.84. The van der Waals surface area contributed by atoms with Gasteiger partial charge < -0.3 is 4.90 Å². The van der Waals surface area contributed by atoms with Crippen LogP contribution in [-0.2, 0) is 24.2 Å². The second-order valence-corrected chi connectivity index (χ2v) is 6.50. The van der Waals surface area contributed by atoms with Crippen molar-refractivity contribution >= 4 is 24.0 Å². The number of benzene rings is 2. The van der Waals surface area contributed by atoms with Crippen LogP contribution < -0.4 is 4.90 Å². The molecule has 0 saturated carbocycles. The molecule has 1 amide bonds. The van der Waals surface area contributed by atoms with Crippen molar-refractivity contribution in [1.29, 1.82) is 0 Å². The van der Waals surface area contributed by atoms with Crippen LogP contribution in [0.3, 0.4) is 0 Å². The fourth-order valence-corrected chi connectivity index (χ4v) is 3.76. The van der Waals surface area contributed by atoms with E-state index >= 15 is 0 Å². The Kier molecular flexibility index (Phi) is 5.22. The standard InChI is InChI=1S/C20H22N2O.ClH/c23-20-14-17-7-3-4-9-19(17)22(20)12-5-11-21-13-10-16-6-1-2-8-18(16)15-21;/h1-4,6-9H,5,10-15H2;1H. The minimum Gasteiger partial charge on any atom is -0.312 e. The van der Waals surface area contributed by atoms with Crippen LogP contribution in [0.1, 0.15) is 23.1 Å². The van der Waals surface area contributed by atoms with E-state index in [2.05, 4.69) is 41.3 Å². The van der Waals surface area contributed by atoms with Crippen molar-refractivity contribution in [2.45, 2.75) is 25.8 Å². The number of fused-ring (bicyclic) bond motifs is 2. The normalized spacial score (nSPS) is 16.5. The van der Waals surface area contributed by atoms with Crippen LogP contribution in [0.2, 0.25) is 0 Å². The molecule has 2 aromatic carbocycles. The maximum absolute atomic E-state index is 12.2. The van der Waals surface area contributed by atoms with Gasteiger partial charge in [-0.05, 0) is 35.6 Å². The summed E-state index contributed by atoms with van der Waals surface area (Å²) in [6.45, 7) is 4.05. The first kappa shape index (κ1) is 17.0. The molecule has 0 atom stereocenters. The minimum absolute atomic E-state index is 0. The summed E-state index contributed by atoms with van der Waals surface area (Å²) in [5.74, 6) is 0.246. The molecule has 3 nitrogen and oxygen atoms in total. The summed E-state index contributed by atoms with van der Waals surface area (Å²) in [7, 11) is 0. The molecule has 126 valence electrons. The zero-order valence-electron chi connectivity index (χ0n) is 13.8. The molecule has 24 heavy (non-hydrogen) atoms. The molecule has 0 spiro atoms. The number of para-hydroxylation sites is 1. The van der Waals surface area contributed by atoms with E-state index in [9.17, 15) is 4.79 Å². The minimum atomic E-state index is 0. The lowest BCUT2D eigenvalue weighted by Crippen LogP contribution is -2.34. The maximum Gasteiger partial charge on any atom is 0.231 e. The third kappa shape index (κ3) is 3.33. The first-order valence-corrected chi connectivity index (χ1v) is 8.49. The summed E-state index contributed by atoms with van der Waals surface area (Å²) in [4.78, 5) is 16.7. The molecule has 0 saturated heterocycles. The monoisotopic (exact) mass is 342 g/mol. The summed E-state index contributed by atoms with van der Waals surface area (Å²) >= 11 is 0. The molecule has 0 aliphatic carbocycles. The number of halogens is 1.